The van der Waals surface area contributed by atoms with Crippen molar-refractivity contribution in [2.75, 3.05) is 13.1 Å². The highest BCUT2D eigenvalue weighted by Crippen LogP contribution is 2.22. The number of aryl methyl sites for hydroxylation is 1. The van der Waals surface area contributed by atoms with Crippen LogP contribution < -0.4 is 11.1 Å². The number of amides is 1. The highest BCUT2D eigenvalue weighted by atomic mass is 16.1. The Hall–Kier alpha value is -1.35. The minimum atomic E-state index is -0.0495. The molecule has 0 spiro atoms. The molecule has 0 unspecified atom stereocenters. The molecule has 0 aromatic heterocycles. The van der Waals surface area contributed by atoms with Gasteiger partial charge in [-0.1, -0.05) is 43.7 Å². The van der Waals surface area contributed by atoms with Gasteiger partial charge in [-0.15, -0.1) is 0 Å². The van der Waals surface area contributed by atoms with Crippen LogP contribution in [0.25, 0.3) is 0 Å². The van der Waals surface area contributed by atoms with E-state index < -0.39 is 0 Å². The predicted octanol–water partition coefficient (Wildman–Crippen LogP) is 2.13. The highest BCUT2D eigenvalue weighted by Gasteiger charge is 2.20. The molecule has 3 N–H and O–H groups in total. The number of nitrogens with two attached hydrogens (primary N) is 1. The Labute approximate surface area is 110 Å². The zero-order valence-corrected chi connectivity index (χ0v) is 11.6. The number of nitrogens with one attached hydrogen (secondary N) is 1. The number of hydrogen-bond donors (Lipinski definition) is 2. The first-order valence-electron chi connectivity index (χ1n) is 6.49. The molecule has 0 saturated carbocycles. The van der Waals surface area contributed by atoms with Gasteiger partial charge in [0.1, 0.15) is 0 Å². The van der Waals surface area contributed by atoms with Crippen molar-refractivity contribution in [3.05, 3.63) is 35.4 Å². The molecule has 18 heavy (non-hydrogen) atoms. The molecule has 3 heteroatoms. The molecule has 0 atom stereocenters. The third-order valence-corrected chi connectivity index (χ3v) is 3.17. The van der Waals surface area contributed by atoms with Crippen molar-refractivity contribution in [2.24, 2.45) is 5.73 Å². The Kier molecular flexibility index (Phi) is 5.35. The van der Waals surface area contributed by atoms with E-state index in [1.54, 1.807) is 0 Å². The smallest absolute Gasteiger partial charge is 0.220 e. The lowest BCUT2D eigenvalue weighted by molar-refractivity contribution is -0.121. The first kappa shape index (κ1) is 14.7. The molecule has 0 radical (unpaired) electrons. The third-order valence-electron chi connectivity index (χ3n) is 3.17. The van der Waals surface area contributed by atoms with Gasteiger partial charge in [0.2, 0.25) is 5.91 Å². The summed E-state index contributed by atoms with van der Waals surface area (Å²) in [7, 11) is 0. The number of benzene rings is 1. The van der Waals surface area contributed by atoms with Crippen LogP contribution in [0.2, 0.25) is 0 Å². The van der Waals surface area contributed by atoms with E-state index in [1.165, 1.54) is 11.1 Å². The second kappa shape index (κ2) is 6.55. The van der Waals surface area contributed by atoms with Gasteiger partial charge in [-0.25, -0.2) is 0 Å². The molecule has 0 fully saturated rings. The van der Waals surface area contributed by atoms with Crippen LogP contribution in [0, 0.1) is 6.92 Å². The first-order chi connectivity index (χ1) is 8.45. The van der Waals surface area contributed by atoms with Crippen molar-refractivity contribution in [1.82, 2.24) is 5.32 Å². The fraction of sp³-hybridized carbons (Fsp3) is 0.533. The average molecular weight is 248 g/mol. The fourth-order valence-corrected chi connectivity index (χ4v) is 1.78. The predicted molar refractivity (Wildman–Crippen MR) is 75.5 cm³/mol. The van der Waals surface area contributed by atoms with E-state index in [0.29, 0.717) is 19.5 Å². The summed E-state index contributed by atoms with van der Waals surface area (Å²) < 4.78 is 0. The summed E-state index contributed by atoms with van der Waals surface area (Å²) >= 11 is 0. The lowest BCUT2D eigenvalue weighted by Gasteiger charge is -2.26. The van der Waals surface area contributed by atoms with Crippen molar-refractivity contribution in [1.29, 1.82) is 0 Å². The Morgan fingerprint density at radius 3 is 2.44 bits per heavy atom. The molecule has 1 rings (SSSR count). The topological polar surface area (TPSA) is 55.1 Å². The number of rotatable bonds is 6. The SMILES string of the molecule is Cc1ccc(C(C)(C)CNC(=O)CCCN)cc1. The second-order valence-corrected chi connectivity index (χ2v) is 5.42. The quantitative estimate of drug-likeness (QED) is 0.810. The molecule has 3 nitrogen and oxygen atoms in total. The van der Waals surface area contributed by atoms with E-state index in [4.69, 9.17) is 5.73 Å². The van der Waals surface area contributed by atoms with Gasteiger partial charge in [-0.2, -0.15) is 0 Å². The first-order valence-corrected chi connectivity index (χ1v) is 6.49. The van der Waals surface area contributed by atoms with Crippen LogP contribution in [-0.4, -0.2) is 19.0 Å². The van der Waals surface area contributed by atoms with Crippen LogP contribution in [0.15, 0.2) is 24.3 Å². The Bertz CT molecular complexity index is 382. The van der Waals surface area contributed by atoms with E-state index in [9.17, 15) is 4.79 Å². The molecule has 1 amide bonds. The molecule has 0 aliphatic heterocycles. The van der Waals surface area contributed by atoms with Gasteiger partial charge in [0.05, 0.1) is 0 Å². The van der Waals surface area contributed by atoms with Crippen molar-refractivity contribution >= 4 is 5.91 Å². The monoisotopic (exact) mass is 248 g/mol. The Morgan fingerprint density at radius 1 is 1.28 bits per heavy atom. The second-order valence-electron chi connectivity index (χ2n) is 5.42. The lowest BCUT2D eigenvalue weighted by Crippen LogP contribution is -2.36. The Balaban J connectivity index is 2.54. The molecule has 0 bridgehead atoms. The minimum Gasteiger partial charge on any atom is -0.355 e. The van der Waals surface area contributed by atoms with Crippen molar-refractivity contribution < 1.29 is 4.79 Å². The van der Waals surface area contributed by atoms with Crippen molar-refractivity contribution in [3.63, 3.8) is 0 Å². The standard InChI is InChI=1S/C15H24N2O/c1-12-6-8-13(9-7-12)15(2,3)11-17-14(18)5-4-10-16/h6-9H,4-5,10-11,16H2,1-3H3,(H,17,18). The molecule has 1 aromatic carbocycles. The van der Waals surface area contributed by atoms with Gasteiger partial charge in [-0.3, -0.25) is 4.79 Å². The molecule has 0 aliphatic rings. The lowest BCUT2D eigenvalue weighted by atomic mass is 9.84. The number of hydrogen-bond acceptors (Lipinski definition) is 2. The summed E-state index contributed by atoms with van der Waals surface area (Å²) in [5.41, 5.74) is 7.83. The van der Waals surface area contributed by atoms with Crippen LogP contribution >= 0.6 is 0 Å². The maximum Gasteiger partial charge on any atom is 0.220 e. The van der Waals surface area contributed by atoms with Crippen LogP contribution in [0.1, 0.15) is 37.8 Å². The molecular weight excluding hydrogens is 224 g/mol. The largest absolute Gasteiger partial charge is 0.355 e. The summed E-state index contributed by atoms with van der Waals surface area (Å²) in [5, 5.41) is 2.98. The van der Waals surface area contributed by atoms with Gasteiger partial charge in [-0.05, 0) is 25.5 Å². The van der Waals surface area contributed by atoms with E-state index in [-0.39, 0.29) is 11.3 Å². The van der Waals surface area contributed by atoms with Gasteiger partial charge >= 0.3 is 0 Å². The fourth-order valence-electron chi connectivity index (χ4n) is 1.78. The number of carbonyl (C=O) groups excluding carboxylic acids is 1. The van der Waals surface area contributed by atoms with Crippen LogP contribution in [0.3, 0.4) is 0 Å². The summed E-state index contributed by atoms with van der Waals surface area (Å²) in [6.45, 7) is 7.57. The van der Waals surface area contributed by atoms with Gasteiger partial charge in [0.25, 0.3) is 0 Å². The van der Waals surface area contributed by atoms with E-state index in [1.807, 2.05) is 0 Å². The summed E-state index contributed by atoms with van der Waals surface area (Å²) in [5.74, 6) is 0.0839. The van der Waals surface area contributed by atoms with Gasteiger partial charge < -0.3 is 11.1 Å². The average Bonchev–Trinajstić information content (AvgIpc) is 2.34. The summed E-state index contributed by atoms with van der Waals surface area (Å²) in [4.78, 5) is 11.6. The minimum absolute atomic E-state index is 0.0495. The van der Waals surface area contributed by atoms with Crippen LogP contribution in [0.4, 0.5) is 0 Å². The summed E-state index contributed by atoms with van der Waals surface area (Å²) in [6, 6.07) is 8.46. The van der Waals surface area contributed by atoms with Gasteiger partial charge in [0.15, 0.2) is 0 Å². The molecule has 0 aliphatic carbocycles. The maximum atomic E-state index is 11.6. The highest BCUT2D eigenvalue weighted by molar-refractivity contribution is 5.75. The van der Waals surface area contributed by atoms with Crippen molar-refractivity contribution in [2.45, 2.75) is 39.0 Å². The molecule has 0 heterocycles. The third kappa shape index (κ3) is 4.49. The summed E-state index contributed by atoms with van der Waals surface area (Å²) in [6.07, 6.45) is 1.26. The Morgan fingerprint density at radius 2 is 1.89 bits per heavy atom. The van der Waals surface area contributed by atoms with E-state index in [0.717, 1.165) is 6.42 Å². The van der Waals surface area contributed by atoms with Crippen molar-refractivity contribution in [3.8, 4) is 0 Å². The molecule has 100 valence electrons. The zero-order chi connectivity index (χ0) is 13.6. The zero-order valence-electron chi connectivity index (χ0n) is 11.6. The van der Waals surface area contributed by atoms with Crippen LogP contribution in [0.5, 0.6) is 0 Å². The number of carbonyl (C=O) groups is 1. The van der Waals surface area contributed by atoms with E-state index in [2.05, 4.69) is 50.4 Å². The maximum absolute atomic E-state index is 11.6. The molecular formula is C15H24N2O. The van der Waals surface area contributed by atoms with Crippen LogP contribution in [-0.2, 0) is 10.2 Å². The molecule has 0 saturated heterocycles. The normalized spacial score (nSPS) is 11.3. The van der Waals surface area contributed by atoms with Gasteiger partial charge in [0, 0.05) is 18.4 Å². The van der Waals surface area contributed by atoms with E-state index >= 15 is 0 Å². The molecule has 1 aromatic rings.